The molecule has 1 N–H and O–H groups in total. The van der Waals surface area contributed by atoms with Gasteiger partial charge in [0.05, 0.1) is 18.1 Å². The molecule has 5 nitrogen and oxygen atoms in total. The van der Waals surface area contributed by atoms with E-state index in [2.05, 4.69) is 5.32 Å². The number of carbonyl (C=O) groups is 4. The van der Waals surface area contributed by atoms with Crippen molar-refractivity contribution < 1.29 is 19.2 Å². The average molecular weight is 430 g/mol. The number of Topliss-reactive ketones (excluding diaryl/α,β-unsaturated/α-hetero) is 3. The van der Waals surface area contributed by atoms with Crippen LogP contribution in [0.5, 0.6) is 0 Å². The van der Waals surface area contributed by atoms with E-state index in [9.17, 15) is 19.2 Å². The van der Waals surface area contributed by atoms with Crippen molar-refractivity contribution >= 4 is 46.8 Å². The highest BCUT2D eigenvalue weighted by Gasteiger charge is 2.32. The van der Waals surface area contributed by atoms with Gasteiger partial charge >= 0.3 is 0 Å². The van der Waals surface area contributed by atoms with Gasteiger partial charge in [0.25, 0.3) is 0 Å². The molecule has 1 amide bonds. The Morgan fingerprint density at radius 2 is 1.57 bits per heavy atom. The van der Waals surface area contributed by atoms with Crippen molar-refractivity contribution in [2.45, 2.75) is 82.6 Å². The van der Waals surface area contributed by atoms with Gasteiger partial charge in [0.2, 0.25) is 5.91 Å². The smallest absolute Gasteiger partial charge is 0.223 e. The number of hydrogen-bond acceptors (Lipinski definition) is 6. The van der Waals surface area contributed by atoms with Crippen molar-refractivity contribution in [3.05, 3.63) is 0 Å². The summed E-state index contributed by atoms with van der Waals surface area (Å²) < 4.78 is 0. The van der Waals surface area contributed by atoms with Gasteiger partial charge in [0, 0.05) is 22.8 Å². The van der Waals surface area contributed by atoms with E-state index in [1.807, 2.05) is 6.92 Å². The first-order chi connectivity index (χ1) is 13.3. The molecule has 1 aliphatic rings. The molecule has 0 aromatic rings. The third kappa shape index (κ3) is 10.6. The van der Waals surface area contributed by atoms with E-state index in [4.69, 9.17) is 0 Å². The first-order valence-corrected chi connectivity index (χ1v) is 12.4. The van der Waals surface area contributed by atoms with Gasteiger partial charge in [-0.25, -0.2) is 0 Å². The van der Waals surface area contributed by atoms with Gasteiger partial charge in [-0.2, -0.15) is 0 Å². The van der Waals surface area contributed by atoms with Crippen LogP contribution < -0.4 is 5.32 Å². The van der Waals surface area contributed by atoms with Crippen molar-refractivity contribution in [1.82, 2.24) is 5.32 Å². The SMILES string of the molecule is CC[C@@H](CCCCCC(=O)CSC1CCC1SCC(C)=O)C(=O)NCC(C)=O. The Kier molecular flexibility index (Phi) is 12.8. The lowest BCUT2D eigenvalue weighted by Gasteiger charge is -2.35. The monoisotopic (exact) mass is 429 g/mol. The summed E-state index contributed by atoms with van der Waals surface area (Å²) in [5, 5.41) is 3.73. The van der Waals surface area contributed by atoms with E-state index in [1.165, 1.54) is 6.92 Å². The van der Waals surface area contributed by atoms with Crippen molar-refractivity contribution in [2.75, 3.05) is 18.1 Å². The molecule has 0 heterocycles. The molecule has 7 heteroatoms. The minimum atomic E-state index is -0.0475. The maximum atomic E-state index is 12.1. The molecule has 160 valence electrons. The third-order valence-corrected chi connectivity index (χ3v) is 8.21. The lowest BCUT2D eigenvalue weighted by atomic mass is 9.97. The fourth-order valence-electron chi connectivity index (χ4n) is 3.08. The highest BCUT2D eigenvalue weighted by molar-refractivity contribution is 8.04. The number of ketones is 3. The van der Waals surface area contributed by atoms with Gasteiger partial charge in [-0.05, 0) is 46.0 Å². The van der Waals surface area contributed by atoms with E-state index in [0.717, 1.165) is 44.9 Å². The lowest BCUT2D eigenvalue weighted by Crippen LogP contribution is -2.33. The molecule has 1 rings (SSSR count). The van der Waals surface area contributed by atoms with E-state index < -0.39 is 0 Å². The summed E-state index contributed by atoms with van der Waals surface area (Å²) in [6.45, 7) is 5.18. The Morgan fingerprint density at radius 3 is 2.11 bits per heavy atom. The van der Waals surface area contributed by atoms with Gasteiger partial charge in [-0.15, -0.1) is 23.5 Å². The summed E-state index contributed by atoms with van der Waals surface area (Å²) in [7, 11) is 0. The second-order valence-electron chi connectivity index (χ2n) is 7.64. The molecule has 1 fully saturated rings. The normalized spacial score (nSPS) is 19.5. The van der Waals surface area contributed by atoms with Gasteiger partial charge in [-0.3, -0.25) is 19.2 Å². The molecule has 1 saturated carbocycles. The first-order valence-electron chi connectivity index (χ1n) is 10.3. The van der Waals surface area contributed by atoms with Crippen LogP contribution in [-0.4, -0.2) is 51.8 Å². The molecule has 0 bridgehead atoms. The predicted molar refractivity (Wildman–Crippen MR) is 118 cm³/mol. The Hall–Kier alpha value is -0.820. The summed E-state index contributed by atoms with van der Waals surface area (Å²) in [6.07, 6.45) is 7.24. The third-order valence-electron chi connectivity index (χ3n) is 4.99. The minimum absolute atomic E-state index is 0.0368. The topological polar surface area (TPSA) is 80.3 Å². The highest BCUT2D eigenvalue weighted by Crippen LogP contribution is 2.40. The Labute approximate surface area is 177 Å². The van der Waals surface area contributed by atoms with Crippen molar-refractivity contribution in [2.24, 2.45) is 5.92 Å². The van der Waals surface area contributed by atoms with E-state index in [1.54, 1.807) is 30.4 Å². The van der Waals surface area contributed by atoms with Crippen LogP contribution in [0.3, 0.4) is 0 Å². The lowest BCUT2D eigenvalue weighted by molar-refractivity contribution is -0.127. The van der Waals surface area contributed by atoms with Crippen LogP contribution in [0.2, 0.25) is 0 Å². The number of amides is 1. The quantitative estimate of drug-likeness (QED) is 0.376. The maximum Gasteiger partial charge on any atom is 0.223 e. The largest absolute Gasteiger partial charge is 0.349 e. The van der Waals surface area contributed by atoms with E-state index >= 15 is 0 Å². The van der Waals surface area contributed by atoms with Crippen LogP contribution >= 0.6 is 23.5 Å². The van der Waals surface area contributed by atoms with Crippen LogP contribution in [0.1, 0.15) is 72.1 Å². The molecule has 0 aromatic heterocycles. The van der Waals surface area contributed by atoms with Crippen LogP contribution in [0.4, 0.5) is 0 Å². The second kappa shape index (κ2) is 14.2. The molecule has 3 atom stereocenters. The summed E-state index contributed by atoms with van der Waals surface area (Å²) >= 11 is 3.49. The molecule has 0 saturated heterocycles. The zero-order chi connectivity index (χ0) is 20.9. The first kappa shape index (κ1) is 25.2. The Bertz CT molecular complexity index is 538. The molecule has 0 spiro atoms. The molecular weight excluding hydrogens is 394 g/mol. The number of thioether (sulfide) groups is 2. The van der Waals surface area contributed by atoms with E-state index in [0.29, 0.717) is 34.2 Å². The molecule has 28 heavy (non-hydrogen) atoms. The van der Waals surface area contributed by atoms with Crippen LogP contribution in [0.15, 0.2) is 0 Å². The van der Waals surface area contributed by atoms with Crippen LogP contribution in [-0.2, 0) is 19.2 Å². The molecular formula is C21H35NO4S2. The molecule has 0 aliphatic heterocycles. The molecule has 0 radical (unpaired) electrons. The number of nitrogens with one attached hydrogen (secondary N) is 1. The summed E-state index contributed by atoms with van der Waals surface area (Å²) in [4.78, 5) is 46.1. The number of hydrogen-bond donors (Lipinski definition) is 1. The summed E-state index contributed by atoms with van der Waals surface area (Å²) in [5.41, 5.74) is 0. The van der Waals surface area contributed by atoms with Gasteiger partial charge in [0.1, 0.15) is 17.3 Å². The van der Waals surface area contributed by atoms with Crippen molar-refractivity contribution in [3.63, 3.8) is 0 Å². The second-order valence-corrected chi connectivity index (χ2v) is 10.1. The van der Waals surface area contributed by atoms with Crippen molar-refractivity contribution in [1.29, 1.82) is 0 Å². The standard InChI is InChI=1S/C21H35NO4S2/c1-4-17(21(26)22-12-15(2)23)8-6-5-7-9-18(25)14-28-20-11-10-19(20)27-13-16(3)24/h17,19-20H,4-14H2,1-3H3,(H,22,26)/t17-,19?,20?/m0/s1. The Morgan fingerprint density at radius 1 is 0.929 bits per heavy atom. The highest BCUT2D eigenvalue weighted by atomic mass is 32.2. The maximum absolute atomic E-state index is 12.1. The minimum Gasteiger partial charge on any atom is -0.349 e. The molecule has 2 unspecified atom stereocenters. The van der Waals surface area contributed by atoms with Gasteiger partial charge < -0.3 is 5.32 Å². The summed E-state index contributed by atoms with van der Waals surface area (Å²) in [5.74, 6) is 1.56. The van der Waals surface area contributed by atoms with Gasteiger partial charge in [0.15, 0.2) is 0 Å². The zero-order valence-electron chi connectivity index (χ0n) is 17.5. The summed E-state index contributed by atoms with van der Waals surface area (Å²) in [6, 6.07) is 0. The van der Waals surface area contributed by atoms with Crippen molar-refractivity contribution in [3.8, 4) is 0 Å². The number of unbranched alkanes of at least 4 members (excludes halogenated alkanes) is 2. The number of rotatable bonds is 16. The average Bonchev–Trinajstić information content (AvgIpc) is 2.61. The molecule has 0 aromatic carbocycles. The zero-order valence-corrected chi connectivity index (χ0v) is 19.1. The number of carbonyl (C=O) groups excluding carboxylic acids is 4. The fourth-order valence-corrected chi connectivity index (χ4v) is 5.85. The van der Waals surface area contributed by atoms with Crippen LogP contribution in [0, 0.1) is 5.92 Å². The molecule has 1 aliphatic carbocycles. The van der Waals surface area contributed by atoms with E-state index in [-0.39, 0.29) is 29.9 Å². The Balaban J connectivity index is 2.09. The predicted octanol–water partition coefficient (Wildman–Crippen LogP) is 3.82. The van der Waals surface area contributed by atoms with Gasteiger partial charge in [-0.1, -0.05) is 19.8 Å². The van der Waals surface area contributed by atoms with Crippen LogP contribution in [0.25, 0.3) is 0 Å². The fraction of sp³-hybridized carbons (Fsp3) is 0.810.